The fourth-order valence-electron chi connectivity index (χ4n) is 4.85. The number of fused-ring (bicyclic) bond motifs is 1. The van der Waals surface area contributed by atoms with Gasteiger partial charge in [-0.25, -0.2) is 14.6 Å². The highest BCUT2D eigenvalue weighted by Crippen LogP contribution is 2.27. The Morgan fingerprint density at radius 1 is 1.03 bits per heavy atom. The van der Waals surface area contributed by atoms with Crippen molar-refractivity contribution in [3.63, 3.8) is 0 Å². The maximum Gasteiger partial charge on any atom is 0.259 e. The molecule has 1 aliphatic rings. The van der Waals surface area contributed by atoms with Gasteiger partial charge in [0.1, 0.15) is 11.2 Å². The topological polar surface area (TPSA) is 89.2 Å². The summed E-state index contributed by atoms with van der Waals surface area (Å²) in [6, 6.07) is 9.34. The minimum absolute atomic E-state index is 0.203. The first-order valence-electron chi connectivity index (χ1n) is 11.9. The molecule has 35 heavy (non-hydrogen) atoms. The van der Waals surface area contributed by atoms with Gasteiger partial charge in [-0.3, -0.25) is 9.59 Å². The minimum atomic E-state index is -0.257. The lowest BCUT2D eigenvalue weighted by Gasteiger charge is -2.36. The number of aryl methyl sites for hydroxylation is 3. The molecule has 180 valence electrons. The number of nitrogens with zero attached hydrogens (tertiary/aromatic N) is 7. The van der Waals surface area contributed by atoms with Gasteiger partial charge < -0.3 is 14.4 Å². The second kappa shape index (κ2) is 8.98. The molecule has 0 aliphatic carbocycles. The smallest absolute Gasteiger partial charge is 0.259 e. The van der Waals surface area contributed by atoms with Gasteiger partial charge in [-0.15, -0.1) is 0 Å². The Balaban J connectivity index is 1.38. The number of amides is 1. The molecular formula is C26H29N7O2. The molecule has 0 aromatic carbocycles. The van der Waals surface area contributed by atoms with E-state index in [4.69, 9.17) is 5.10 Å². The molecule has 0 radical (unpaired) electrons. The molecule has 1 saturated heterocycles. The highest BCUT2D eigenvalue weighted by molar-refractivity contribution is 5.97. The molecule has 0 atom stereocenters. The van der Waals surface area contributed by atoms with Gasteiger partial charge >= 0.3 is 0 Å². The number of carbonyl (C=O) groups is 1. The van der Waals surface area contributed by atoms with Crippen molar-refractivity contribution in [1.82, 2.24) is 29.2 Å². The van der Waals surface area contributed by atoms with Crippen LogP contribution in [0.4, 0.5) is 5.69 Å². The average molecular weight is 472 g/mol. The summed E-state index contributed by atoms with van der Waals surface area (Å²) in [5.74, 6) is 0.554. The molecule has 4 aromatic heterocycles. The third-order valence-electron chi connectivity index (χ3n) is 6.63. The Hall–Kier alpha value is -4.01. The third-order valence-corrected chi connectivity index (χ3v) is 6.63. The average Bonchev–Trinajstić information content (AvgIpc) is 3.18. The van der Waals surface area contributed by atoms with Crippen molar-refractivity contribution in [2.75, 3.05) is 31.1 Å². The fraction of sp³-hybridized carbons (Fsp3) is 0.346. The maximum absolute atomic E-state index is 13.4. The molecular weight excluding hydrogens is 442 g/mol. The zero-order chi connectivity index (χ0) is 24.7. The molecule has 0 bridgehead atoms. The molecule has 4 aromatic rings. The lowest BCUT2D eigenvalue weighted by atomic mass is 10.1. The molecule has 9 nitrogen and oxygen atoms in total. The molecule has 5 rings (SSSR count). The number of rotatable bonds is 4. The fourth-order valence-corrected chi connectivity index (χ4v) is 4.85. The molecule has 1 amide bonds. The number of hydrogen-bond acceptors (Lipinski definition) is 6. The second-order valence-electron chi connectivity index (χ2n) is 8.88. The van der Waals surface area contributed by atoms with E-state index < -0.39 is 0 Å². The third kappa shape index (κ3) is 3.96. The van der Waals surface area contributed by atoms with Gasteiger partial charge in [0.25, 0.3) is 5.91 Å². The van der Waals surface area contributed by atoms with Crippen molar-refractivity contribution < 1.29 is 4.79 Å². The van der Waals surface area contributed by atoms with Gasteiger partial charge in [-0.2, -0.15) is 5.10 Å². The van der Waals surface area contributed by atoms with E-state index in [1.165, 1.54) is 0 Å². The van der Waals surface area contributed by atoms with Crippen LogP contribution in [0.3, 0.4) is 0 Å². The van der Waals surface area contributed by atoms with Crippen LogP contribution in [0.1, 0.15) is 34.4 Å². The molecule has 0 unspecified atom stereocenters. The quantitative estimate of drug-likeness (QED) is 0.455. The van der Waals surface area contributed by atoms with E-state index >= 15 is 0 Å². The molecule has 0 saturated carbocycles. The van der Waals surface area contributed by atoms with Gasteiger partial charge in [0, 0.05) is 50.8 Å². The molecule has 9 heteroatoms. The summed E-state index contributed by atoms with van der Waals surface area (Å²) in [7, 11) is 0. The van der Waals surface area contributed by atoms with Crippen LogP contribution in [0.15, 0.2) is 47.5 Å². The van der Waals surface area contributed by atoms with E-state index in [-0.39, 0.29) is 16.9 Å². The Kier molecular flexibility index (Phi) is 5.84. The SMILES string of the molecule is CCn1cc(C(=O)N2CCN(c3c(C)nn(-c4ccccn4)c3C)CC2)c(=O)c2ccc(C)nc21. The number of anilines is 1. The van der Waals surface area contributed by atoms with Crippen LogP contribution in [-0.4, -0.2) is 61.3 Å². The van der Waals surface area contributed by atoms with Crippen LogP contribution in [0.2, 0.25) is 0 Å². The number of aromatic nitrogens is 5. The minimum Gasteiger partial charge on any atom is -0.365 e. The van der Waals surface area contributed by atoms with Gasteiger partial charge in [0.15, 0.2) is 5.82 Å². The molecule has 1 aliphatic heterocycles. The summed E-state index contributed by atoms with van der Waals surface area (Å²) in [5, 5.41) is 5.19. The number of carbonyl (C=O) groups excluding carboxylic acids is 1. The Labute approximate surface area is 203 Å². The highest BCUT2D eigenvalue weighted by Gasteiger charge is 2.28. The van der Waals surface area contributed by atoms with E-state index in [0.717, 1.165) is 28.6 Å². The normalized spacial score (nSPS) is 14.1. The van der Waals surface area contributed by atoms with Gasteiger partial charge in [0.2, 0.25) is 5.43 Å². The van der Waals surface area contributed by atoms with Gasteiger partial charge in [0.05, 0.1) is 22.5 Å². The highest BCUT2D eigenvalue weighted by atomic mass is 16.2. The Bertz CT molecular complexity index is 1460. The molecule has 5 heterocycles. The predicted molar refractivity (Wildman–Crippen MR) is 135 cm³/mol. The zero-order valence-electron chi connectivity index (χ0n) is 20.5. The van der Waals surface area contributed by atoms with Crippen molar-refractivity contribution in [3.8, 4) is 5.82 Å². The monoisotopic (exact) mass is 471 g/mol. The predicted octanol–water partition coefficient (Wildman–Crippen LogP) is 2.88. The summed E-state index contributed by atoms with van der Waals surface area (Å²) in [6.45, 7) is 10.9. The Morgan fingerprint density at radius 2 is 1.80 bits per heavy atom. The van der Waals surface area contributed by atoms with Crippen molar-refractivity contribution in [3.05, 3.63) is 75.6 Å². The van der Waals surface area contributed by atoms with Crippen LogP contribution < -0.4 is 10.3 Å². The lowest BCUT2D eigenvalue weighted by molar-refractivity contribution is 0.0745. The standard InChI is InChI=1S/C26H29N7O2/c1-5-30-16-21(24(34)20-10-9-17(2)28-25(20)30)26(35)32-14-12-31(13-15-32)23-18(3)29-33(19(23)4)22-8-6-7-11-27-22/h6-11,16H,5,12-15H2,1-4H3. The van der Waals surface area contributed by atoms with Gasteiger partial charge in [-0.1, -0.05) is 6.07 Å². The second-order valence-corrected chi connectivity index (χ2v) is 8.88. The van der Waals surface area contributed by atoms with Crippen LogP contribution in [0, 0.1) is 20.8 Å². The molecule has 0 spiro atoms. The van der Waals surface area contributed by atoms with E-state index in [1.807, 2.05) is 61.2 Å². The molecule has 1 fully saturated rings. The first-order valence-corrected chi connectivity index (χ1v) is 11.9. The maximum atomic E-state index is 13.4. The summed E-state index contributed by atoms with van der Waals surface area (Å²) >= 11 is 0. The number of piperazine rings is 1. The van der Waals surface area contributed by atoms with Crippen molar-refractivity contribution in [2.45, 2.75) is 34.2 Å². The van der Waals surface area contributed by atoms with Crippen LogP contribution in [0.5, 0.6) is 0 Å². The van der Waals surface area contributed by atoms with E-state index in [0.29, 0.717) is 43.8 Å². The Morgan fingerprint density at radius 3 is 2.49 bits per heavy atom. The lowest BCUT2D eigenvalue weighted by Crippen LogP contribution is -2.50. The summed E-state index contributed by atoms with van der Waals surface area (Å²) < 4.78 is 3.74. The van der Waals surface area contributed by atoms with Crippen molar-refractivity contribution in [2.24, 2.45) is 0 Å². The molecule has 0 N–H and O–H groups in total. The van der Waals surface area contributed by atoms with E-state index in [2.05, 4.69) is 14.9 Å². The van der Waals surface area contributed by atoms with E-state index in [1.54, 1.807) is 23.4 Å². The van der Waals surface area contributed by atoms with E-state index in [9.17, 15) is 9.59 Å². The van der Waals surface area contributed by atoms with Crippen molar-refractivity contribution in [1.29, 1.82) is 0 Å². The summed E-state index contributed by atoms with van der Waals surface area (Å²) in [5.41, 5.74) is 4.42. The first-order chi connectivity index (χ1) is 16.9. The van der Waals surface area contributed by atoms with Crippen LogP contribution >= 0.6 is 0 Å². The summed E-state index contributed by atoms with van der Waals surface area (Å²) in [6.07, 6.45) is 3.42. The van der Waals surface area contributed by atoms with Crippen LogP contribution in [0.25, 0.3) is 16.9 Å². The number of hydrogen-bond donors (Lipinski definition) is 0. The number of pyridine rings is 3. The van der Waals surface area contributed by atoms with Crippen LogP contribution in [-0.2, 0) is 6.54 Å². The summed E-state index contributed by atoms with van der Waals surface area (Å²) in [4.78, 5) is 39.6. The van der Waals surface area contributed by atoms with Crippen molar-refractivity contribution >= 4 is 22.6 Å². The van der Waals surface area contributed by atoms with Gasteiger partial charge in [-0.05, 0) is 52.0 Å². The largest absolute Gasteiger partial charge is 0.365 e. The zero-order valence-corrected chi connectivity index (χ0v) is 20.5. The first kappa shape index (κ1) is 22.8.